The maximum Gasteiger partial charge on any atom is 0.356 e. The van der Waals surface area contributed by atoms with Gasteiger partial charge in [0.25, 0.3) is 11.8 Å². The Balaban J connectivity index is 1.77. The molecule has 3 amide bonds. The first-order valence-corrected chi connectivity index (χ1v) is 7.70. The minimum atomic E-state index is -0.785. The Morgan fingerprint density at radius 1 is 1.18 bits per heavy atom. The molecule has 0 aromatic heterocycles. The second-order valence-corrected chi connectivity index (χ2v) is 5.86. The van der Waals surface area contributed by atoms with Gasteiger partial charge in [0.1, 0.15) is 6.04 Å². The van der Waals surface area contributed by atoms with Gasteiger partial charge in [0.05, 0.1) is 17.0 Å². The zero-order valence-corrected chi connectivity index (χ0v) is 12.5. The van der Waals surface area contributed by atoms with Crippen LogP contribution in [-0.4, -0.2) is 51.3 Å². The standard InChI is InChI=1S/C14H12N2O5S/c1-8(17)15-7-22-6-11(15)14(20)21-16-12(18)9-4-2-3-5-10(9)13(16)19/h2-5,11H,6-7H2,1H3/t11-/m1/s1. The van der Waals surface area contributed by atoms with Crippen molar-refractivity contribution in [2.75, 3.05) is 11.6 Å². The van der Waals surface area contributed by atoms with Gasteiger partial charge < -0.3 is 9.74 Å². The second kappa shape index (κ2) is 5.45. The van der Waals surface area contributed by atoms with E-state index in [1.807, 2.05) is 0 Å². The molecule has 3 rings (SSSR count). The van der Waals surface area contributed by atoms with Crippen LogP contribution in [0.15, 0.2) is 24.3 Å². The fourth-order valence-corrected chi connectivity index (χ4v) is 3.55. The zero-order valence-electron chi connectivity index (χ0n) is 11.6. The summed E-state index contributed by atoms with van der Waals surface area (Å²) in [5.41, 5.74) is 0.397. The van der Waals surface area contributed by atoms with Crippen LogP contribution in [-0.2, 0) is 14.4 Å². The Labute approximate surface area is 130 Å². The lowest BCUT2D eigenvalue weighted by Crippen LogP contribution is -2.45. The molecule has 7 nitrogen and oxygen atoms in total. The van der Waals surface area contributed by atoms with Crippen LogP contribution in [0.2, 0.25) is 0 Å². The van der Waals surface area contributed by atoms with E-state index in [-0.39, 0.29) is 17.0 Å². The van der Waals surface area contributed by atoms with Crippen LogP contribution in [0.4, 0.5) is 0 Å². The summed E-state index contributed by atoms with van der Waals surface area (Å²) >= 11 is 1.41. The van der Waals surface area contributed by atoms with Gasteiger partial charge in [0.2, 0.25) is 5.91 Å². The van der Waals surface area contributed by atoms with Crippen LogP contribution >= 0.6 is 11.8 Å². The molecule has 0 saturated carbocycles. The van der Waals surface area contributed by atoms with Crippen molar-refractivity contribution in [3.05, 3.63) is 35.4 Å². The summed E-state index contributed by atoms with van der Waals surface area (Å²) in [4.78, 5) is 54.2. The van der Waals surface area contributed by atoms with Gasteiger partial charge in [-0.1, -0.05) is 17.2 Å². The lowest BCUT2D eigenvalue weighted by atomic mass is 10.1. The fraction of sp³-hybridized carbons (Fsp3) is 0.286. The highest BCUT2D eigenvalue weighted by Crippen LogP contribution is 2.26. The maximum absolute atomic E-state index is 12.2. The molecule has 1 fully saturated rings. The van der Waals surface area contributed by atoms with Gasteiger partial charge in [0.15, 0.2) is 0 Å². The monoisotopic (exact) mass is 320 g/mol. The van der Waals surface area contributed by atoms with Gasteiger partial charge in [0, 0.05) is 12.7 Å². The van der Waals surface area contributed by atoms with Crippen molar-refractivity contribution in [3.8, 4) is 0 Å². The van der Waals surface area contributed by atoms with Crippen molar-refractivity contribution in [1.29, 1.82) is 0 Å². The SMILES string of the molecule is CC(=O)N1CSC[C@@H]1C(=O)ON1C(=O)c2ccccc2C1=O. The third-order valence-corrected chi connectivity index (χ3v) is 4.51. The lowest BCUT2D eigenvalue weighted by Gasteiger charge is -2.22. The van der Waals surface area contributed by atoms with Crippen LogP contribution in [0.1, 0.15) is 27.6 Å². The van der Waals surface area contributed by atoms with Gasteiger partial charge in [-0.3, -0.25) is 14.4 Å². The summed E-state index contributed by atoms with van der Waals surface area (Å²) in [7, 11) is 0. The molecule has 114 valence electrons. The Morgan fingerprint density at radius 3 is 2.32 bits per heavy atom. The molecule has 0 bridgehead atoms. The Morgan fingerprint density at radius 2 is 1.77 bits per heavy atom. The molecule has 22 heavy (non-hydrogen) atoms. The molecular formula is C14H12N2O5S. The molecule has 0 radical (unpaired) electrons. The van der Waals surface area contributed by atoms with E-state index >= 15 is 0 Å². The topological polar surface area (TPSA) is 84.0 Å². The molecule has 0 aliphatic carbocycles. The Bertz CT molecular complexity index is 655. The molecule has 1 aromatic carbocycles. The Kier molecular flexibility index (Phi) is 3.61. The van der Waals surface area contributed by atoms with Gasteiger partial charge >= 0.3 is 5.97 Å². The third kappa shape index (κ3) is 2.25. The van der Waals surface area contributed by atoms with Crippen LogP contribution in [0.5, 0.6) is 0 Å². The smallest absolute Gasteiger partial charge is 0.327 e. The van der Waals surface area contributed by atoms with Crippen molar-refractivity contribution in [2.24, 2.45) is 0 Å². The largest absolute Gasteiger partial charge is 0.356 e. The number of hydrogen-bond donors (Lipinski definition) is 0. The highest BCUT2D eigenvalue weighted by molar-refractivity contribution is 7.99. The van der Waals surface area contributed by atoms with E-state index in [9.17, 15) is 19.2 Å². The molecule has 1 atom stereocenters. The summed E-state index contributed by atoms with van der Waals surface area (Å²) in [6.45, 7) is 1.36. The van der Waals surface area contributed by atoms with Crippen molar-refractivity contribution in [1.82, 2.24) is 9.96 Å². The second-order valence-electron chi connectivity index (χ2n) is 4.87. The highest BCUT2D eigenvalue weighted by atomic mass is 32.2. The zero-order chi connectivity index (χ0) is 15.9. The lowest BCUT2D eigenvalue weighted by molar-refractivity contribution is -0.174. The maximum atomic E-state index is 12.2. The molecule has 2 aliphatic rings. The first-order valence-electron chi connectivity index (χ1n) is 6.55. The normalized spacial score (nSPS) is 20.3. The van der Waals surface area contributed by atoms with Gasteiger partial charge in [-0.25, -0.2) is 4.79 Å². The minimum absolute atomic E-state index is 0.199. The van der Waals surface area contributed by atoms with E-state index in [1.54, 1.807) is 12.1 Å². The van der Waals surface area contributed by atoms with Crippen LogP contribution in [0, 0.1) is 0 Å². The van der Waals surface area contributed by atoms with E-state index in [0.717, 1.165) is 0 Å². The van der Waals surface area contributed by atoms with Crippen molar-refractivity contribution in [2.45, 2.75) is 13.0 Å². The van der Waals surface area contributed by atoms with Crippen molar-refractivity contribution >= 4 is 35.5 Å². The average molecular weight is 320 g/mol. The van der Waals surface area contributed by atoms with Gasteiger partial charge in [-0.05, 0) is 12.1 Å². The number of imide groups is 1. The summed E-state index contributed by atoms with van der Waals surface area (Å²) in [5.74, 6) is -1.62. The minimum Gasteiger partial charge on any atom is -0.327 e. The van der Waals surface area contributed by atoms with Gasteiger partial charge in [-0.15, -0.1) is 11.8 Å². The number of hydrogen-bond acceptors (Lipinski definition) is 6. The summed E-state index contributed by atoms with van der Waals surface area (Å²) < 4.78 is 0. The molecule has 0 N–H and O–H groups in total. The van der Waals surface area contributed by atoms with E-state index < -0.39 is 23.8 Å². The molecule has 1 aromatic rings. The highest BCUT2D eigenvalue weighted by Gasteiger charge is 2.42. The summed E-state index contributed by atoms with van der Waals surface area (Å²) in [6.07, 6.45) is 0. The molecule has 8 heteroatoms. The van der Waals surface area contributed by atoms with Crippen LogP contribution in [0.3, 0.4) is 0 Å². The number of fused-ring (bicyclic) bond motifs is 1. The number of thioether (sulfide) groups is 1. The molecule has 1 saturated heterocycles. The molecule has 0 unspecified atom stereocenters. The quantitative estimate of drug-likeness (QED) is 0.745. The van der Waals surface area contributed by atoms with E-state index in [2.05, 4.69) is 0 Å². The van der Waals surface area contributed by atoms with Gasteiger partial charge in [-0.2, -0.15) is 0 Å². The molecule has 2 aliphatic heterocycles. The average Bonchev–Trinajstić information content (AvgIpc) is 3.08. The number of carbonyl (C=O) groups is 4. The number of rotatable bonds is 2. The number of hydroxylamine groups is 2. The molecule has 0 spiro atoms. The molecular weight excluding hydrogens is 308 g/mol. The summed E-state index contributed by atoms with van der Waals surface area (Å²) in [6, 6.07) is 5.46. The first kappa shape index (κ1) is 14.6. The van der Waals surface area contributed by atoms with Crippen molar-refractivity contribution in [3.63, 3.8) is 0 Å². The third-order valence-electron chi connectivity index (χ3n) is 3.50. The predicted octanol–water partition coefficient (Wildman–Crippen LogP) is 0.662. The number of benzene rings is 1. The fourth-order valence-electron chi connectivity index (χ4n) is 2.35. The van der Waals surface area contributed by atoms with E-state index in [4.69, 9.17) is 4.84 Å². The molecule has 2 heterocycles. The first-order chi connectivity index (χ1) is 10.5. The number of nitrogens with zero attached hydrogens (tertiary/aromatic N) is 2. The van der Waals surface area contributed by atoms with E-state index in [0.29, 0.717) is 16.7 Å². The van der Waals surface area contributed by atoms with Crippen LogP contribution in [0.25, 0.3) is 0 Å². The predicted molar refractivity (Wildman–Crippen MR) is 76.7 cm³/mol. The van der Waals surface area contributed by atoms with Crippen LogP contribution < -0.4 is 0 Å². The van der Waals surface area contributed by atoms with E-state index in [1.165, 1.54) is 35.7 Å². The van der Waals surface area contributed by atoms with Crippen molar-refractivity contribution < 1.29 is 24.0 Å². The summed E-state index contributed by atoms with van der Waals surface area (Å²) in [5, 5.41) is 0.467. The Hall–Kier alpha value is -2.35. The number of amides is 3. The number of carbonyl (C=O) groups excluding carboxylic acids is 4.